The van der Waals surface area contributed by atoms with Gasteiger partial charge in [-0.1, -0.05) is 6.42 Å². The van der Waals surface area contributed by atoms with Crippen molar-refractivity contribution in [1.82, 2.24) is 14.9 Å². The summed E-state index contributed by atoms with van der Waals surface area (Å²) in [5.41, 5.74) is 2.23. The summed E-state index contributed by atoms with van der Waals surface area (Å²) in [7, 11) is 0. The van der Waals surface area contributed by atoms with Crippen molar-refractivity contribution in [2.45, 2.75) is 64.0 Å². The van der Waals surface area contributed by atoms with E-state index in [-0.39, 0.29) is 5.56 Å². The van der Waals surface area contributed by atoms with Crippen LogP contribution in [-0.4, -0.2) is 22.1 Å². The summed E-state index contributed by atoms with van der Waals surface area (Å²) in [5.74, 6) is 0. The molecule has 0 saturated carbocycles. The zero-order valence-corrected chi connectivity index (χ0v) is 11.5. The van der Waals surface area contributed by atoms with Crippen LogP contribution in [0.1, 0.15) is 49.8 Å². The lowest BCUT2D eigenvalue weighted by Gasteiger charge is -2.24. The predicted molar refractivity (Wildman–Crippen MR) is 75.4 cm³/mol. The van der Waals surface area contributed by atoms with Crippen LogP contribution in [0.25, 0.3) is 0 Å². The fraction of sp³-hybridized carbons (Fsp3) is 0.733. The molecule has 0 spiro atoms. The largest absolute Gasteiger partial charge is 0.314 e. The molecule has 1 fully saturated rings. The first-order valence-electron chi connectivity index (χ1n) is 7.65. The standard InChI is InChI=1S/C15H23N3O/c19-15-13-6-1-2-7-14(13)17-11-18(15)10-8-12-5-3-4-9-16-12/h11-12,16H,1-10H2. The molecule has 1 atom stereocenters. The first-order valence-corrected chi connectivity index (χ1v) is 7.65. The number of nitrogens with zero attached hydrogens (tertiary/aromatic N) is 2. The van der Waals surface area contributed by atoms with E-state index in [0.29, 0.717) is 6.04 Å². The highest BCUT2D eigenvalue weighted by Gasteiger charge is 2.17. The molecule has 1 aliphatic carbocycles. The Bertz CT molecular complexity index is 489. The maximum Gasteiger partial charge on any atom is 0.256 e. The Kier molecular flexibility index (Phi) is 3.97. The zero-order valence-electron chi connectivity index (χ0n) is 11.5. The van der Waals surface area contributed by atoms with E-state index < -0.39 is 0 Å². The van der Waals surface area contributed by atoms with Crippen molar-refractivity contribution >= 4 is 0 Å². The van der Waals surface area contributed by atoms with Gasteiger partial charge in [0.05, 0.1) is 12.0 Å². The van der Waals surface area contributed by atoms with Crippen LogP contribution in [0, 0.1) is 0 Å². The van der Waals surface area contributed by atoms with Gasteiger partial charge in [-0.05, 0) is 51.5 Å². The van der Waals surface area contributed by atoms with Crippen molar-refractivity contribution in [3.63, 3.8) is 0 Å². The van der Waals surface area contributed by atoms with E-state index in [4.69, 9.17) is 0 Å². The topological polar surface area (TPSA) is 46.9 Å². The first kappa shape index (κ1) is 12.9. The summed E-state index contributed by atoms with van der Waals surface area (Å²) < 4.78 is 1.82. The number of nitrogens with one attached hydrogen (secondary N) is 1. The third-order valence-corrected chi connectivity index (χ3v) is 4.44. The monoisotopic (exact) mass is 261 g/mol. The van der Waals surface area contributed by atoms with Crippen LogP contribution in [0.2, 0.25) is 0 Å². The molecule has 0 bridgehead atoms. The van der Waals surface area contributed by atoms with Crippen molar-refractivity contribution in [3.8, 4) is 0 Å². The lowest BCUT2D eigenvalue weighted by atomic mass is 9.97. The molecule has 4 nitrogen and oxygen atoms in total. The molecule has 0 aromatic carbocycles. The van der Waals surface area contributed by atoms with Crippen LogP contribution in [0.3, 0.4) is 0 Å². The SMILES string of the molecule is O=c1c2c(ncn1CCC1CCCCN1)CCCC2. The van der Waals surface area contributed by atoms with Gasteiger partial charge in [-0.15, -0.1) is 0 Å². The highest BCUT2D eigenvalue weighted by atomic mass is 16.1. The van der Waals surface area contributed by atoms with Crippen LogP contribution in [0.15, 0.2) is 11.1 Å². The van der Waals surface area contributed by atoms with Gasteiger partial charge in [0, 0.05) is 18.2 Å². The van der Waals surface area contributed by atoms with Gasteiger partial charge >= 0.3 is 0 Å². The van der Waals surface area contributed by atoms with E-state index in [1.54, 1.807) is 6.33 Å². The second-order valence-corrected chi connectivity index (χ2v) is 5.81. The van der Waals surface area contributed by atoms with Crippen molar-refractivity contribution in [3.05, 3.63) is 27.9 Å². The molecule has 1 N–H and O–H groups in total. The lowest BCUT2D eigenvalue weighted by molar-refractivity contribution is 0.363. The van der Waals surface area contributed by atoms with E-state index in [1.165, 1.54) is 25.7 Å². The molecular weight excluding hydrogens is 238 g/mol. The number of piperidine rings is 1. The Labute approximate surface area is 114 Å². The van der Waals surface area contributed by atoms with Crippen LogP contribution in [-0.2, 0) is 19.4 Å². The van der Waals surface area contributed by atoms with E-state index in [0.717, 1.165) is 50.0 Å². The van der Waals surface area contributed by atoms with Gasteiger partial charge < -0.3 is 5.32 Å². The number of aryl methyl sites for hydroxylation is 2. The van der Waals surface area contributed by atoms with Gasteiger partial charge in [0.2, 0.25) is 0 Å². The smallest absolute Gasteiger partial charge is 0.256 e. The minimum Gasteiger partial charge on any atom is -0.314 e. The number of fused-ring (bicyclic) bond motifs is 1. The summed E-state index contributed by atoms with van der Waals surface area (Å²) in [4.78, 5) is 16.9. The Hall–Kier alpha value is -1.16. The molecule has 2 aliphatic rings. The number of hydrogen-bond acceptors (Lipinski definition) is 3. The second kappa shape index (κ2) is 5.87. The molecule has 0 amide bonds. The van der Waals surface area contributed by atoms with E-state index in [1.807, 2.05) is 4.57 Å². The molecule has 0 radical (unpaired) electrons. The van der Waals surface area contributed by atoms with Gasteiger partial charge in [0.25, 0.3) is 5.56 Å². The van der Waals surface area contributed by atoms with Gasteiger partial charge in [-0.2, -0.15) is 0 Å². The normalized spacial score (nSPS) is 23.1. The number of rotatable bonds is 3. The molecule has 19 heavy (non-hydrogen) atoms. The molecule has 4 heteroatoms. The summed E-state index contributed by atoms with van der Waals surface area (Å²) in [5, 5.41) is 3.54. The number of hydrogen-bond donors (Lipinski definition) is 1. The minimum absolute atomic E-state index is 0.209. The summed E-state index contributed by atoms with van der Waals surface area (Å²) in [6, 6.07) is 0.580. The van der Waals surface area contributed by atoms with Gasteiger partial charge in [0.15, 0.2) is 0 Å². The zero-order chi connectivity index (χ0) is 13.1. The highest BCUT2D eigenvalue weighted by molar-refractivity contribution is 5.19. The highest BCUT2D eigenvalue weighted by Crippen LogP contribution is 2.15. The fourth-order valence-electron chi connectivity index (χ4n) is 3.25. The lowest BCUT2D eigenvalue weighted by Crippen LogP contribution is -2.36. The maximum atomic E-state index is 12.4. The van der Waals surface area contributed by atoms with Crippen molar-refractivity contribution in [2.75, 3.05) is 6.54 Å². The van der Waals surface area contributed by atoms with Gasteiger partial charge in [-0.25, -0.2) is 4.98 Å². The average molecular weight is 261 g/mol. The average Bonchev–Trinajstić information content (AvgIpc) is 2.48. The quantitative estimate of drug-likeness (QED) is 0.900. The molecule has 1 saturated heterocycles. The van der Waals surface area contributed by atoms with Crippen LogP contribution in [0.4, 0.5) is 0 Å². The van der Waals surface area contributed by atoms with E-state index in [9.17, 15) is 4.79 Å². The van der Waals surface area contributed by atoms with E-state index in [2.05, 4.69) is 10.3 Å². The maximum absolute atomic E-state index is 12.4. The summed E-state index contributed by atoms with van der Waals surface area (Å²) in [6.45, 7) is 1.93. The molecule has 1 aliphatic heterocycles. The van der Waals surface area contributed by atoms with Crippen LogP contribution >= 0.6 is 0 Å². The Balaban J connectivity index is 1.69. The van der Waals surface area contributed by atoms with Gasteiger partial charge in [-0.3, -0.25) is 9.36 Å². The second-order valence-electron chi connectivity index (χ2n) is 5.81. The van der Waals surface area contributed by atoms with E-state index >= 15 is 0 Å². The minimum atomic E-state index is 0.209. The molecule has 3 rings (SSSR count). The number of aromatic nitrogens is 2. The summed E-state index contributed by atoms with van der Waals surface area (Å²) >= 11 is 0. The Morgan fingerprint density at radius 2 is 2.16 bits per heavy atom. The van der Waals surface area contributed by atoms with Crippen molar-refractivity contribution in [2.24, 2.45) is 0 Å². The van der Waals surface area contributed by atoms with Crippen LogP contribution in [0.5, 0.6) is 0 Å². The Morgan fingerprint density at radius 1 is 1.26 bits per heavy atom. The van der Waals surface area contributed by atoms with Crippen molar-refractivity contribution < 1.29 is 0 Å². The molecule has 104 valence electrons. The fourth-order valence-corrected chi connectivity index (χ4v) is 3.25. The molecule has 1 aromatic rings. The first-order chi connectivity index (χ1) is 9.34. The van der Waals surface area contributed by atoms with Gasteiger partial charge in [0.1, 0.15) is 0 Å². The molecular formula is C15H23N3O. The molecule has 2 heterocycles. The predicted octanol–water partition coefficient (Wildman–Crippen LogP) is 1.65. The van der Waals surface area contributed by atoms with Crippen molar-refractivity contribution in [1.29, 1.82) is 0 Å². The third-order valence-electron chi connectivity index (χ3n) is 4.44. The molecule has 1 aromatic heterocycles. The Morgan fingerprint density at radius 3 is 3.00 bits per heavy atom. The molecule has 1 unspecified atom stereocenters. The summed E-state index contributed by atoms with van der Waals surface area (Å²) in [6.07, 6.45) is 10.9. The van der Waals surface area contributed by atoms with Crippen LogP contribution < -0.4 is 10.9 Å². The third kappa shape index (κ3) is 2.89.